The van der Waals surface area contributed by atoms with E-state index in [-0.39, 0.29) is 11.9 Å². The van der Waals surface area contributed by atoms with Crippen LogP contribution in [-0.2, 0) is 17.0 Å². The van der Waals surface area contributed by atoms with E-state index >= 15 is 0 Å². The van der Waals surface area contributed by atoms with Crippen molar-refractivity contribution in [3.05, 3.63) is 71.8 Å². The van der Waals surface area contributed by atoms with Crippen molar-refractivity contribution in [3.63, 3.8) is 0 Å². The summed E-state index contributed by atoms with van der Waals surface area (Å²) in [6.07, 6.45) is 2.57. The van der Waals surface area contributed by atoms with Crippen molar-refractivity contribution in [1.82, 2.24) is 5.32 Å². The third-order valence-corrected chi connectivity index (χ3v) is 4.73. The lowest BCUT2D eigenvalue weighted by Gasteiger charge is -2.14. The topological polar surface area (TPSA) is 29.1 Å². The maximum absolute atomic E-state index is 12.0. The molecule has 1 N–H and O–H groups in total. The summed E-state index contributed by atoms with van der Waals surface area (Å²) >= 11 is 1.81. The number of aryl methyl sites for hydroxylation is 1. The second kappa shape index (κ2) is 10.1. The van der Waals surface area contributed by atoms with Gasteiger partial charge in [0.1, 0.15) is 0 Å². The third-order valence-electron chi connectivity index (χ3n) is 3.70. The van der Waals surface area contributed by atoms with Gasteiger partial charge in [0.15, 0.2) is 0 Å². The third kappa shape index (κ3) is 7.38. The first-order valence-corrected chi connectivity index (χ1v) is 9.34. The average molecular weight is 327 g/mol. The molecule has 0 bridgehead atoms. The van der Waals surface area contributed by atoms with Gasteiger partial charge in [-0.15, -0.1) is 0 Å². The molecule has 2 nitrogen and oxygen atoms in total. The lowest BCUT2D eigenvalue weighted by Crippen LogP contribution is -2.33. The average Bonchev–Trinajstić information content (AvgIpc) is 2.59. The molecule has 2 aromatic carbocycles. The van der Waals surface area contributed by atoms with Gasteiger partial charge in [-0.25, -0.2) is 0 Å². The summed E-state index contributed by atoms with van der Waals surface area (Å²) in [4.78, 5) is 12.0. The van der Waals surface area contributed by atoms with E-state index in [0.717, 1.165) is 24.3 Å². The molecule has 0 aromatic heterocycles. The molecule has 0 heterocycles. The molecule has 0 spiro atoms. The van der Waals surface area contributed by atoms with Crippen LogP contribution in [0.1, 0.15) is 30.9 Å². The fraction of sp³-hybridized carbons (Fsp3) is 0.350. The molecule has 0 aliphatic heterocycles. The minimum Gasteiger partial charge on any atom is -0.354 e. The van der Waals surface area contributed by atoms with Gasteiger partial charge in [-0.3, -0.25) is 4.79 Å². The van der Waals surface area contributed by atoms with Gasteiger partial charge in [-0.05, 0) is 30.9 Å². The van der Waals surface area contributed by atoms with Gasteiger partial charge in [-0.2, -0.15) is 11.8 Å². The number of amides is 1. The van der Waals surface area contributed by atoms with Crippen LogP contribution in [0.3, 0.4) is 0 Å². The molecule has 0 aliphatic carbocycles. The molecule has 0 radical (unpaired) electrons. The van der Waals surface area contributed by atoms with Gasteiger partial charge < -0.3 is 5.32 Å². The van der Waals surface area contributed by atoms with Crippen LogP contribution in [0.5, 0.6) is 0 Å². The molecule has 23 heavy (non-hydrogen) atoms. The van der Waals surface area contributed by atoms with Crippen LogP contribution in [0.15, 0.2) is 60.7 Å². The predicted molar refractivity (Wildman–Crippen MR) is 99.6 cm³/mol. The summed E-state index contributed by atoms with van der Waals surface area (Å²) in [6.45, 7) is 2.08. The molecule has 1 amide bonds. The molecule has 0 aliphatic rings. The summed E-state index contributed by atoms with van der Waals surface area (Å²) in [5, 5.41) is 3.10. The Balaban J connectivity index is 1.57. The zero-order valence-electron chi connectivity index (χ0n) is 13.7. The molecular weight excluding hydrogens is 302 g/mol. The van der Waals surface area contributed by atoms with Gasteiger partial charge in [0.05, 0.1) is 0 Å². The maximum Gasteiger partial charge on any atom is 0.221 e. The highest BCUT2D eigenvalue weighted by molar-refractivity contribution is 7.98. The quantitative estimate of drug-likeness (QED) is 0.690. The summed E-state index contributed by atoms with van der Waals surface area (Å²) in [6, 6.07) is 21.0. The van der Waals surface area contributed by atoms with E-state index < -0.39 is 0 Å². The first-order valence-electron chi connectivity index (χ1n) is 8.19. The number of thioether (sulfide) groups is 1. The van der Waals surface area contributed by atoms with Crippen LogP contribution in [-0.4, -0.2) is 17.7 Å². The second-order valence-electron chi connectivity index (χ2n) is 5.78. The zero-order valence-corrected chi connectivity index (χ0v) is 14.5. The monoisotopic (exact) mass is 327 g/mol. The van der Waals surface area contributed by atoms with E-state index in [1.807, 2.05) is 23.9 Å². The Labute approximate surface area is 143 Å². The van der Waals surface area contributed by atoms with Crippen LogP contribution < -0.4 is 5.32 Å². The number of carbonyl (C=O) groups is 1. The van der Waals surface area contributed by atoms with E-state index in [1.165, 1.54) is 11.1 Å². The van der Waals surface area contributed by atoms with E-state index in [2.05, 4.69) is 60.8 Å². The maximum atomic E-state index is 12.0. The van der Waals surface area contributed by atoms with E-state index in [0.29, 0.717) is 6.42 Å². The van der Waals surface area contributed by atoms with Crippen molar-refractivity contribution in [2.75, 3.05) is 5.75 Å². The first-order chi connectivity index (χ1) is 11.2. The van der Waals surface area contributed by atoms with Gasteiger partial charge in [0.2, 0.25) is 5.91 Å². The van der Waals surface area contributed by atoms with Crippen molar-refractivity contribution in [3.8, 4) is 0 Å². The lowest BCUT2D eigenvalue weighted by molar-refractivity contribution is -0.121. The summed E-state index contributed by atoms with van der Waals surface area (Å²) in [5.41, 5.74) is 2.64. The molecule has 2 aromatic rings. The minimum absolute atomic E-state index is 0.158. The second-order valence-corrected chi connectivity index (χ2v) is 6.89. The molecule has 0 fully saturated rings. The fourth-order valence-electron chi connectivity index (χ4n) is 2.38. The first kappa shape index (κ1) is 17.6. The fourth-order valence-corrected chi connectivity index (χ4v) is 3.28. The number of hydrogen-bond acceptors (Lipinski definition) is 2. The van der Waals surface area contributed by atoms with Crippen molar-refractivity contribution in [2.24, 2.45) is 0 Å². The van der Waals surface area contributed by atoms with Gasteiger partial charge >= 0.3 is 0 Å². The summed E-state index contributed by atoms with van der Waals surface area (Å²) in [5.74, 6) is 2.00. The number of benzene rings is 2. The normalized spacial score (nSPS) is 11.9. The highest BCUT2D eigenvalue weighted by Crippen LogP contribution is 2.12. The molecule has 3 heteroatoms. The molecule has 0 saturated carbocycles. The highest BCUT2D eigenvalue weighted by atomic mass is 32.2. The van der Waals surface area contributed by atoms with Crippen molar-refractivity contribution >= 4 is 17.7 Å². The van der Waals surface area contributed by atoms with Crippen LogP contribution in [0.4, 0.5) is 0 Å². The van der Waals surface area contributed by atoms with Gasteiger partial charge in [0, 0.05) is 24.0 Å². The Morgan fingerprint density at radius 3 is 2.26 bits per heavy atom. The van der Waals surface area contributed by atoms with Gasteiger partial charge in [-0.1, -0.05) is 60.7 Å². The van der Waals surface area contributed by atoms with E-state index in [1.54, 1.807) is 0 Å². The summed E-state index contributed by atoms with van der Waals surface area (Å²) < 4.78 is 0. The van der Waals surface area contributed by atoms with E-state index in [4.69, 9.17) is 0 Å². The molecule has 1 atom stereocenters. The van der Waals surface area contributed by atoms with Crippen LogP contribution in [0, 0.1) is 0 Å². The number of rotatable bonds is 9. The number of hydrogen-bond donors (Lipinski definition) is 1. The number of nitrogens with one attached hydrogen (secondary N) is 1. The van der Waals surface area contributed by atoms with Crippen LogP contribution in [0.25, 0.3) is 0 Å². The minimum atomic E-state index is 0.158. The highest BCUT2D eigenvalue weighted by Gasteiger charge is 2.07. The van der Waals surface area contributed by atoms with Gasteiger partial charge in [0.25, 0.3) is 0 Å². The lowest BCUT2D eigenvalue weighted by atomic mass is 10.1. The Morgan fingerprint density at radius 2 is 1.61 bits per heavy atom. The van der Waals surface area contributed by atoms with E-state index in [9.17, 15) is 4.79 Å². The molecule has 122 valence electrons. The Morgan fingerprint density at radius 1 is 1.00 bits per heavy atom. The Bertz CT molecular complexity index is 571. The smallest absolute Gasteiger partial charge is 0.221 e. The van der Waals surface area contributed by atoms with Crippen molar-refractivity contribution in [1.29, 1.82) is 0 Å². The molecule has 0 saturated heterocycles. The predicted octanol–water partition coefficient (Wildman–Crippen LogP) is 4.45. The summed E-state index contributed by atoms with van der Waals surface area (Å²) in [7, 11) is 0. The Hall–Kier alpha value is -1.74. The SMILES string of the molecule is CC(CCc1ccccc1)NC(=O)CCSCc1ccccc1. The van der Waals surface area contributed by atoms with Crippen LogP contribution in [0.2, 0.25) is 0 Å². The van der Waals surface area contributed by atoms with Crippen molar-refractivity contribution < 1.29 is 4.79 Å². The molecule has 1 unspecified atom stereocenters. The zero-order chi connectivity index (χ0) is 16.3. The molecular formula is C20H25NOS. The van der Waals surface area contributed by atoms with Crippen molar-refractivity contribution in [2.45, 2.75) is 38.0 Å². The Kier molecular flexibility index (Phi) is 7.74. The standard InChI is InChI=1S/C20H25NOS/c1-17(12-13-18-8-4-2-5-9-18)21-20(22)14-15-23-16-19-10-6-3-7-11-19/h2-11,17H,12-16H2,1H3,(H,21,22). The molecule has 2 rings (SSSR count). The largest absolute Gasteiger partial charge is 0.354 e. The van der Waals surface area contributed by atoms with Crippen LogP contribution >= 0.6 is 11.8 Å². The number of carbonyl (C=O) groups excluding carboxylic acids is 1.